The molecule has 0 heterocycles. The van der Waals surface area contributed by atoms with Crippen molar-refractivity contribution in [1.29, 1.82) is 0 Å². The van der Waals surface area contributed by atoms with E-state index in [2.05, 4.69) is 12.2 Å². The lowest BCUT2D eigenvalue weighted by Crippen LogP contribution is -2.25. The summed E-state index contributed by atoms with van der Waals surface area (Å²) in [7, 11) is 0. The molecule has 116 valence electrons. The van der Waals surface area contributed by atoms with Gasteiger partial charge in [0.15, 0.2) is 0 Å². The first-order valence-electron chi connectivity index (χ1n) is 6.96. The Morgan fingerprint density at radius 2 is 2.10 bits per heavy atom. The van der Waals surface area contributed by atoms with E-state index in [-0.39, 0.29) is 22.8 Å². The van der Waals surface area contributed by atoms with Crippen LogP contribution in [0, 0.1) is 10.1 Å². The van der Waals surface area contributed by atoms with Gasteiger partial charge in [-0.05, 0) is 25.0 Å². The third kappa shape index (κ3) is 5.78. The van der Waals surface area contributed by atoms with E-state index in [9.17, 15) is 14.9 Å². The van der Waals surface area contributed by atoms with E-state index in [4.69, 9.17) is 10.5 Å². The molecule has 0 aliphatic heterocycles. The second kappa shape index (κ2) is 8.91. The molecule has 1 amide bonds. The number of nitrogens with two attached hydrogens (primary N) is 1. The number of ether oxygens (including phenoxy) is 1. The molecule has 0 atom stereocenters. The average Bonchev–Trinajstić information content (AvgIpc) is 2.46. The molecule has 1 aromatic rings. The fourth-order valence-electron chi connectivity index (χ4n) is 1.67. The number of carbonyl (C=O) groups excluding carboxylic acids is 1. The Morgan fingerprint density at radius 1 is 1.38 bits per heavy atom. The first kappa shape index (κ1) is 16.9. The Hall–Kier alpha value is -2.15. The number of rotatable bonds is 9. The lowest BCUT2D eigenvalue weighted by atomic mass is 10.1. The Balaban J connectivity index is 2.39. The van der Waals surface area contributed by atoms with Crippen LogP contribution >= 0.6 is 0 Å². The lowest BCUT2D eigenvalue weighted by Gasteiger charge is -2.06. The zero-order valence-corrected chi connectivity index (χ0v) is 12.1. The maximum absolute atomic E-state index is 11.9. The van der Waals surface area contributed by atoms with E-state index in [0.29, 0.717) is 19.6 Å². The fourth-order valence-corrected chi connectivity index (χ4v) is 1.67. The molecule has 3 N–H and O–H groups in total. The number of nitrogens with one attached hydrogen (secondary N) is 1. The van der Waals surface area contributed by atoms with Gasteiger partial charge in [-0.2, -0.15) is 0 Å². The number of unbranched alkanes of at least 4 members (excludes halogenated alkanes) is 1. The molecule has 0 saturated heterocycles. The van der Waals surface area contributed by atoms with Crippen molar-refractivity contribution in [1.82, 2.24) is 5.32 Å². The number of benzene rings is 1. The molecular formula is C14H21N3O4. The number of anilines is 1. The third-order valence-electron chi connectivity index (χ3n) is 2.88. The largest absolute Gasteiger partial charge is 0.393 e. The smallest absolute Gasteiger partial charge is 0.292 e. The topological polar surface area (TPSA) is 107 Å². The van der Waals surface area contributed by atoms with Gasteiger partial charge in [-0.1, -0.05) is 13.3 Å². The van der Waals surface area contributed by atoms with E-state index in [1.54, 1.807) is 0 Å². The zero-order valence-electron chi connectivity index (χ0n) is 12.1. The van der Waals surface area contributed by atoms with Gasteiger partial charge in [0.25, 0.3) is 11.6 Å². The Labute approximate surface area is 123 Å². The van der Waals surface area contributed by atoms with Crippen molar-refractivity contribution in [3.05, 3.63) is 33.9 Å². The van der Waals surface area contributed by atoms with Crippen LogP contribution in [0.1, 0.15) is 36.5 Å². The molecule has 0 fully saturated rings. The maximum Gasteiger partial charge on any atom is 0.292 e. The second-order valence-electron chi connectivity index (χ2n) is 4.61. The molecule has 0 radical (unpaired) electrons. The standard InChI is InChI=1S/C14H21N3O4/c1-2-3-8-21-9-4-7-16-14(18)11-5-6-12(15)13(10-11)17(19)20/h5-6,10H,2-4,7-9,15H2,1H3,(H,16,18). The molecule has 0 spiro atoms. The molecule has 7 heteroatoms. The SMILES string of the molecule is CCCCOCCCNC(=O)c1ccc(N)c([N+](=O)[O-])c1. The molecule has 21 heavy (non-hydrogen) atoms. The predicted molar refractivity (Wildman–Crippen MR) is 80.2 cm³/mol. The summed E-state index contributed by atoms with van der Waals surface area (Å²) in [5.74, 6) is -0.355. The number of hydrogen-bond acceptors (Lipinski definition) is 5. The van der Waals surface area contributed by atoms with E-state index in [1.165, 1.54) is 18.2 Å². The molecule has 0 aliphatic carbocycles. The van der Waals surface area contributed by atoms with Crippen LogP contribution in [0.15, 0.2) is 18.2 Å². The van der Waals surface area contributed by atoms with Crippen LogP contribution in [0.5, 0.6) is 0 Å². The minimum absolute atomic E-state index is 0.0425. The van der Waals surface area contributed by atoms with Gasteiger partial charge in [0, 0.05) is 31.4 Å². The molecule has 0 unspecified atom stereocenters. The Bertz CT molecular complexity index is 491. The van der Waals surface area contributed by atoms with Crippen molar-refractivity contribution in [3.63, 3.8) is 0 Å². The van der Waals surface area contributed by atoms with E-state index >= 15 is 0 Å². The van der Waals surface area contributed by atoms with Crippen LogP contribution in [0.25, 0.3) is 0 Å². The highest BCUT2D eigenvalue weighted by atomic mass is 16.6. The first-order valence-corrected chi connectivity index (χ1v) is 6.96. The summed E-state index contributed by atoms with van der Waals surface area (Å²) in [6.07, 6.45) is 2.82. The van der Waals surface area contributed by atoms with Crippen molar-refractivity contribution in [2.24, 2.45) is 0 Å². The molecule has 1 rings (SSSR count). The molecule has 7 nitrogen and oxygen atoms in total. The normalized spacial score (nSPS) is 10.3. The number of nitrogen functional groups attached to an aromatic ring is 1. The number of nitrogens with zero attached hydrogens (tertiary/aromatic N) is 1. The van der Waals surface area contributed by atoms with Gasteiger partial charge < -0.3 is 15.8 Å². The molecular weight excluding hydrogens is 274 g/mol. The number of hydrogen-bond donors (Lipinski definition) is 2. The van der Waals surface area contributed by atoms with Crippen molar-refractivity contribution in [2.45, 2.75) is 26.2 Å². The lowest BCUT2D eigenvalue weighted by molar-refractivity contribution is -0.383. The minimum atomic E-state index is -0.603. The van der Waals surface area contributed by atoms with Crippen LogP contribution in [-0.4, -0.2) is 30.6 Å². The predicted octanol–water partition coefficient (Wildman–Crippen LogP) is 2.11. The van der Waals surface area contributed by atoms with Crippen LogP contribution in [0.4, 0.5) is 11.4 Å². The zero-order chi connectivity index (χ0) is 15.7. The van der Waals surface area contributed by atoms with Crippen molar-refractivity contribution in [3.8, 4) is 0 Å². The van der Waals surface area contributed by atoms with Gasteiger partial charge in [0.05, 0.1) is 4.92 Å². The number of carbonyl (C=O) groups is 1. The molecule has 0 aromatic heterocycles. The number of nitro benzene ring substituents is 1. The monoisotopic (exact) mass is 295 g/mol. The second-order valence-corrected chi connectivity index (χ2v) is 4.61. The summed E-state index contributed by atoms with van der Waals surface area (Å²) in [6, 6.07) is 4.01. The molecule has 0 saturated carbocycles. The average molecular weight is 295 g/mol. The number of nitro groups is 1. The van der Waals surface area contributed by atoms with Gasteiger partial charge in [0.1, 0.15) is 5.69 Å². The van der Waals surface area contributed by atoms with Crippen LogP contribution in [0.3, 0.4) is 0 Å². The summed E-state index contributed by atoms with van der Waals surface area (Å²) >= 11 is 0. The highest BCUT2D eigenvalue weighted by Gasteiger charge is 2.15. The Morgan fingerprint density at radius 3 is 2.76 bits per heavy atom. The molecule has 0 aliphatic rings. The van der Waals surface area contributed by atoms with Crippen LogP contribution < -0.4 is 11.1 Å². The number of amides is 1. The summed E-state index contributed by atoms with van der Waals surface area (Å²) in [6.45, 7) is 3.87. The maximum atomic E-state index is 11.9. The van der Waals surface area contributed by atoms with Gasteiger partial charge in [0.2, 0.25) is 0 Å². The highest BCUT2D eigenvalue weighted by Crippen LogP contribution is 2.22. The third-order valence-corrected chi connectivity index (χ3v) is 2.88. The van der Waals surface area contributed by atoms with Gasteiger partial charge in [-0.3, -0.25) is 14.9 Å². The summed E-state index contributed by atoms with van der Waals surface area (Å²) < 4.78 is 5.37. The van der Waals surface area contributed by atoms with Crippen molar-refractivity contribution < 1.29 is 14.5 Å². The van der Waals surface area contributed by atoms with Gasteiger partial charge >= 0.3 is 0 Å². The minimum Gasteiger partial charge on any atom is -0.393 e. The van der Waals surface area contributed by atoms with Crippen molar-refractivity contribution >= 4 is 17.3 Å². The summed E-state index contributed by atoms with van der Waals surface area (Å²) in [5.41, 5.74) is 5.49. The van der Waals surface area contributed by atoms with Crippen LogP contribution in [-0.2, 0) is 4.74 Å². The molecule has 1 aromatic carbocycles. The summed E-state index contributed by atoms with van der Waals surface area (Å²) in [5, 5.41) is 13.5. The van der Waals surface area contributed by atoms with Gasteiger partial charge in [-0.25, -0.2) is 0 Å². The summed E-state index contributed by atoms with van der Waals surface area (Å²) in [4.78, 5) is 22.0. The first-order chi connectivity index (χ1) is 10.1. The highest BCUT2D eigenvalue weighted by molar-refractivity contribution is 5.95. The van der Waals surface area contributed by atoms with E-state index < -0.39 is 4.92 Å². The van der Waals surface area contributed by atoms with Crippen LogP contribution in [0.2, 0.25) is 0 Å². The van der Waals surface area contributed by atoms with E-state index in [0.717, 1.165) is 19.4 Å². The molecule has 0 bridgehead atoms. The Kier molecular flexibility index (Phi) is 7.17. The van der Waals surface area contributed by atoms with E-state index in [1.807, 2.05) is 0 Å². The quantitative estimate of drug-likeness (QED) is 0.314. The van der Waals surface area contributed by atoms with Gasteiger partial charge in [-0.15, -0.1) is 0 Å². The van der Waals surface area contributed by atoms with Crippen molar-refractivity contribution in [2.75, 3.05) is 25.5 Å². The fraction of sp³-hybridized carbons (Fsp3) is 0.500.